The van der Waals surface area contributed by atoms with Gasteiger partial charge in [0.25, 0.3) is 5.91 Å². The lowest BCUT2D eigenvalue weighted by molar-refractivity contribution is -0.143. The molecule has 2 fully saturated rings. The highest BCUT2D eigenvalue weighted by Gasteiger charge is 2.50. The highest BCUT2D eigenvalue weighted by atomic mass is 32.1. The van der Waals surface area contributed by atoms with Crippen LogP contribution in [0.5, 0.6) is 0 Å². The van der Waals surface area contributed by atoms with Crippen molar-refractivity contribution in [2.75, 3.05) is 18.1 Å². The molecule has 32 heavy (non-hydrogen) atoms. The van der Waals surface area contributed by atoms with Crippen LogP contribution in [-0.2, 0) is 9.53 Å². The number of hydrogen-bond acceptors (Lipinski definition) is 5. The second-order valence-corrected chi connectivity index (χ2v) is 11.2. The number of hydrogen-bond donors (Lipinski definition) is 2. The van der Waals surface area contributed by atoms with Gasteiger partial charge in [0.15, 0.2) is 0 Å². The SMILES string of the molecule is CC(C)(C)C#Cc1cc(N2C(=O)C(CCCO)OCC2(C)C2CCCCC2)c(C(=O)O)s1. The number of carbonyl (C=O) groups excluding carboxylic acids is 1. The Morgan fingerprint density at radius 3 is 2.59 bits per heavy atom. The molecule has 2 heterocycles. The summed E-state index contributed by atoms with van der Waals surface area (Å²) in [6.45, 7) is 8.39. The summed E-state index contributed by atoms with van der Waals surface area (Å²) < 4.78 is 6.04. The zero-order chi connectivity index (χ0) is 23.5. The van der Waals surface area contributed by atoms with Crippen molar-refractivity contribution in [2.24, 2.45) is 11.3 Å². The number of carbonyl (C=O) groups is 2. The van der Waals surface area contributed by atoms with Crippen LogP contribution in [0.25, 0.3) is 0 Å². The molecule has 0 bridgehead atoms. The second-order valence-electron chi connectivity index (χ2n) is 10.2. The van der Waals surface area contributed by atoms with Crippen LogP contribution in [0.4, 0.5) is 5.69 Å². The summed E-state index contributed by atoms with van der Waals surface area (Å²) in [6.07, 6.45) is 5.58. The van der Waals surface area contributed by atoms with Gasteiger partial charge >= 0.3 is 5.97 Å². The smallest absolute Gasteiger partial charge is 0.348 e. The van der Waals surface area contributed by atoms with E-state index >= 15 is 0 Å². The van der Waals surface area contributed by atoms with Crippen molar-refractivity contribution >= 4 is 28.9 Å². The summed E-state index contributed by atoms with van der Waals surface area (Å²) in [5.41, 5.74) is -0.405. The number of nitrogens with zero attached hydrogens (tertiary/aromatic N) is 1. The molecular formula is C25H35NO5S. The lowest BCUT2D eigenvalue weighted by atomic mass is 9.74. The average Bonchev–Trinajstić information content (AvgIpc) is 3.16. The van der Waals surface area contributed by atoms with E-state index in [1.807, 2.05) is 27.7 Å². The van der Waals surface area contributed by atoms with Crippen LogP contribution >= 0.6 is 11.3 Å². The number of ether oxygens (including phenoxy) is 1. The van der Waals surface area contributed by atoms with Gasteiger partial charge in [-0.3, -0.25) is 9.69 Å². The van der Waals surface area contributed by atoms with Crippen LogP contribution in [0.15, 0.2) is 6.07 Å². The first-order valence-electron chi connectivity index (χ1n) is 11.5. The van der Waals surface area contributed by atoms with Crippen LogP contribution < -0.4 is 4.90 Å². The molecular weight excluding hydrogens is 426 g/mol. The van der Waals surface area contributed by atoms with Crippen molar-refractivity contribution in [1.82, 2.24) is 0 Å². The van der Waals surface area contributed by atoms with Gasteiger partial charge in [0, 0.05) is 12.0 Å². The Balaban J connectivity index is 2.08. The van der Waals surface area contributed by atoms with Crippen LogP contribution in [0.1, 0.15) is 87.2 Å². The number of aliphatic hydroxyl groups is 1. The number of amides is 1. The van der Waals surface area contributed by atoms with Gasteiger partial charge < -0.3 is 14.9 Å². The Bertz CT molecular complexity index is 900. The minimum absolute atomic E-state index is 0.0155. The Kier molecular flexibility index (Phi) is 7.69. The van der Waals surface area contributed by atoms with E-state index in [0.29, 0.717) is 30.0 Å². The van der Waals surface area contributed by atoms with Gasteiger partial charge in [0.2, 0.25) is 0 Å². The first kappa shape index (κ1) is 24.8. The molecule has 0 aromatic carbocycles. The van der Waals surface area contributed by atoms with Gasteiger partial charge in [0.05, 0.1) is 22.7 Å². The van der Waals surface area contributed by atoms with E-state index in [9.17, 15) is 19.8 Å². The standard InChI is InChI=1S/C25H35NO5S/c1-24(2,3)13-12-18-15-19(21(32-18)23(29)30)26-22(28)20(11-8-14-27)31-16-25(26,4)17-9-6-5-7-10-17/h15,17,20,27H,5-11,14,16H2,1-4H3,(H,29,30). The zero-order valence-electron chi connectivity index (χ0n) is 19.6. The Morgan fingerprint density at radius 1 is 1.31 bits per heavy atom. The topological polar surface area (TPSA) is 87.1 Å². The molecule has 2 aliphatic rings. The number of aliphatic hydroxyl groups excluding tert-OH is 1. The summed E-state index contributed by atoms with van der Waals surface area (Å²) in [5, 5.41) is 19.2. The van der Waals surface area contributed by atoms with Crippen LogP contribution in [0.2, 0.25) is 0 Å². The lowest BCUT2D eigenvalue weighted by Crippen LogP contribution is -2.65. The molecule has 1 saturated heterocycles. The lowest BCUT2D eigenvalue weighted by Gasteiger charge is -2.51. The van der Waals surface area contributed by atoms with Crippen molar-refractivity contribution in [2.45, 2.75) is 84.3 Å². The van der Waals surface area contributed by atoms with Gasteiger partial charge in [-0.25, -0.2) is 4.79 Å². The van der Waals surface area contributed by atoms with Crippen molar-refractivity contribution in [3.63, 3.8) is 0 Å². The van der Waals surface area contributed by atoms with Gasteiger partial charge in [-0.2, -0.15) is 0 Å². The minimum atomic E-state index is -1.05. The molecule has 0 radical (unpaired) electrons. The highest BCUT2D eigenvalue weighted by molar-refractivity contribution is 7.15. The van der Waals surface area contributed by atoms with Gasteiger partial charge in [-0.15, -0.1) is 11.3 Å². The third kappa shape index (κ3) is 5.36. The zero-order valence-corrected chi connectivity index (χ0v) is 20.4. The number of anilines is 1. The molecule has 176 valence electrons. The summed E-state index contributed by atoms with van der Waals surface area (Å²) >= 11 is 1.12. The molecule has 2 atom stereocenters. The van der Waals surface area contributed by atoms with E-state index < -0.39 is 17.6 Å². The number of aromatic carboxylic acids is 1. The number of morpholine rings is 1. The average molecular weight is 462 g/mol. The molecule has 2 unspecified atom stereocenters. The predicted molar refractivity (Wildman–Crippen MR) is 126 cm³/mol. The van der Waals surface area contributed by atoms with Crippen molar-refractivity contribution < 1.29 is 24.5 Å². The summed E-state index contributed by atoms with van der Waals surface area (Å²) in [5.74, 6) is 5.25. The molecule has 0 spiro atoms. The number of thiophene rings is 1. The van der Waals surface area contributed by atoms with E-state index in [1.165, 1.54) is 6.42 Å². The molecule has 1 amide bonds. The number of rotatable bonds is 6. The van der Waals surface area contributed by atoms with E-state index in [0.717, 1.165) is 37.0 Å². The summed E-state index contributed by atoms with van der Waals surface area (Å²) in [4.78, 5) is 28.4. The maximum atomic E-state index is 13.7. The maximum Gasteiger partial charge on any atom is 0.348 e. The van der Waals surface area contributed by atoms with Gasteiger partial charge in [0.1, 0.15) is 11.0 Å². The third-order valence-corrected chi connectivity index (χ3v) is 7.43. The molecule has 1 saturated carbocycles. The molecule has 2 N–H and O–H groups in total. The molecule has 1 aliphatic heterocycles. The van der Waals surface area contributed by atoms with Crippen molar-refractivity contribution in [1.29, 1.82) is 0 Å². The Morgan fingerprint density at radius 2 is 2.00 bits per heavy atom. The summed E-state index contributed by atoms with van der Waals surface area (Å²) in [6, 6.07) is 1.76. The first-order valence-corrected chi connectivity index (χ1v) is 12.4. The highest BCUT2D eigenvalue weighted by Crippen LogP contribution is 2.44. The monoisotopic (exact) mass is 461 g/mol. The predicted octanol–water partition coefficient (Wildman–Crippen LogP) is 4.69. The number of carboxylic acid groups (broad SMARTS) is 1. The molecule has 3 rings (SSSR count). The normalized spacial score (nSPS) is 24.8. The van der Waals surface area contributed by atoms with Crippen LogP contribution in [-0.4, -0.2) is 46.9 Å². The summed E-state index contributed by atoms with van der Waals surface area (Å²) in [7, 11) is 0. The maximum absolute atomic E-state index is 13.7. The molecule has 7 heteroatoms. The fourth-order valence-electron chi connectivity index (χ4n) is 4.71. The Labute approximate surface area is 195 Å². The minimum Gasteiger partial charge on any atom is -0.477 e. The van der Waals surface area contributed by atoms with E-state index in [1.54, 1.807) is 11.0 Å². The van der Waals surface area contributed by atoms with E-state index in [-0.39, 0.29) is 28.7 Å². The van der Waals surface area contributed by atoms with Gasteiger partial charge in [-0.05, 0) is 65.4 Å². The molecule has 1 aromatic rings. The molecule has 1 aromatic heterocycles. The molecule has 1 aliphatic carbocycles. The van der Waals surface area contributed by atoms with Crippen molar-refractivity contribution in [3.8, 4) is 11.8 Å². The quantitative estimate of drug-likeness (QED) is 0.600. The van der Waals surface area contributed by atoms with E-state index in [4.69, 9.17) is 4.74 Å². The van der Waals surface area contributed by atoms with Crippen LogP contribution in [0, 0.1) is 23.2 Å². The fraction of sp³-hybridized carbons (Fsp3) is 0.680. The number of carboxylic acids is 1. The molecule has 6 nitrogen and oxygen atoms in total. The van der Waals surface area contributed by atoms with Crippen molar-refractivity contribution in [3.05, 3.63) is 15.8 Å². The fourth-order valence-corrected chi connectivity index (χ4v) is 5.55. The second kappa shape index (κ2) is 9.94. The van der Waals surface area contributed by atoms with E-state index in [2.05, 4.69) is 11.8 Å². The van der Waals surface area contributed by atoms with Crippen LogP contribution in [0.3, 0.4) is 0 Å². The largest absolute Gasteiger partial charge is 0.477 e. The third-order valence-electron chi connectivity index (χ3n) is 6.40. The first-order chi connectivity index (χ1) is 15.1. The Hall–Kier alpha value is -1.88. The van der Waals surface area contributed by atoms with Gasteiger partial charge in [-0.1, -0.05) is 31.1 Å².